The Bertz CT molecular complexity index is 880. The Labute approximate surface area is 134 Å². The van der Waals surface area contributed by atoms with Crippen LogP contribution in [0.25, 0.3) is 0 Å². The molecule has 3 aromatic rings. The fourth-order valence-electron chi connectivity index (χ4n) is 2.14. The van der Waals surface area contributed by atoms with E-state index in [9.17, 15) is 5.11 Å². The average molecular weight is 301 g/mol. The van der Waals surface area contributed by atoms with Crippen molar-refractivity contribution >= 4 is 5.82 Å². The first-order valence-corrected chi connectivity index (χ1v) is 7.17. The smallest absolute Gasteiger partial charge is 0.145 e. The van der Waals surface area contributed by atoms with Crippen LogP contribution >= 0.6 is 0 Å². The highest BCUT2D eigenvalue weighted by atomic mass is 16.3. The third-order valence-electron chi connectivity index (χ3n) is 3.27. The number of hydrogen-bond donors (Lipinski definition) is 2. The predicted molar refractivity (Wildman–Crippen MR) is 89.8 cm³/mol. The van der Waals surface area contributed by atoms with Gasteiger partial charge < -0.3 is 10.8 Å². The molecular formula is C19H15N3O. The molecule has 0 saturated carbocycles. The van der Waals surface area contributed by atoms with E-state index in [-0.39, 0.29) is 5.75 Å². The summed E-state index contributed by atoms with van der Waals surface area (Å²) in [5, 5.41) is 9.44. The Balaban J connectivity index is 1.86. The van der Waals surface area contributed by atoms with Gasteiger partial charge in [0, 0.05) is 12.0 Å². The summed E-state index contributed by atoms with van der Waals surface area (Å²) in [6.07, 6.45) is 2.17. The molecule has 0 amide bonds. The zero-order valence-corrected chi connectivity index (χ0v) is 12.4. The van der Waals surface area contributed by atoms with Crippen LogP contribution in [0.3, 0.4) is 0 Å². The first-order valence-electron chi connectivity index (χ1n) is 7.17. The van der Waals surface area contributed by atoms with E-state index in [2.05, 4.69) is 21.8 Å². The molecule has 4 nitrogen and oxygen atoms in total. The number of phenols is 1. The number of hydrogen-bond acceptors (Lipinski definition) is 4. The second kappa shape index (κ2) is 6.63. The summed E-state index contributed by atoms with van der Waals surface area (Å²) in [5.74, 6) is 6.51. The first-order chi connectivity index (χ1) is 11.2. The number of rotatable bonds is 2. The Kier molecular flexibility index (Phi) is 4.21. The summed E-state index contributed by atoms with van der Waals surface area (Å²) in [6.45, 7) is 0. The molecule has 1 heterocycles. The van der Waals surface area contributed by atoms with Crippen molar-refractivity contribution in [1.82, 2.24) is 9.97 Å². The third-order valence-corrected chi connectivity index (χ3v) is 3.27. The van der Waals surface area contributed by atoms with E-state index < -0.39 is 0 Å². The number of aromatic hydroxyl groups is 1. The number of benzene rings is 2. The Morgan fingerprint density at radius 3 is 2.61 bits per heavy atom. The molecule has 4 heteroatoms. The Morgan fingerprint density at radius 1 is 1.00 bits per heavy atom. The molecule has 23 heavy (non-hydrogen) atoms. The van der Waals surface area contributed by atoms with E-state index in [1.807, 2.05) is 36.4 Å². The van der Waals surface area contributed by atoms with Crippen LogP contribution in [0, 0.1) is 11.8 Å². The van der Waals surface area contributed by atoms with Crippen molar-refractivity contribution in [3.8, 4) is 17.6 Å². The fraction of sp³-hybridized carbons (Fsp3) is 0.0526. The van der Waals surface area contributed by atoms with Crippen LogP contribution in [-0.4, -0.2) is 15.1 Å². The van der Waals surface area contributed by atoms with E-state index in [1.54, 1.807) is 24.4 Å². The van der Waals surface area contributed by atoms with E-state index in [1.165, 1.54) is 0 Å². The lowest BCUT2D eigenvalue weighted by atomic mass is 10.1. The molecule has 0 spiro atoms. The maximum Gasteiger partial charge on any atom is 0.145 e. The quantitative estimate of drug-likeness (QED) is 0.714. The minimum Gasteiger partial charge on any atom is -0.508 e. The monoisotopic (exact) mass is 301 g/mol. The number of phenolic OH excluding ortho intramolecular Hbond substituents is 1. The van der Waals surface area contributed by atoms with Crippen LogP contribution in [0.1, 0.15) is 22.5 Å². The minimum absolute atomic E-state index is 0.185. The van der Waals surface area contributed by atoms with E-state index in [4.69, 9.17) is 5.73 Å². The van der Waals surface area contributed by atoms with Gasteiger partial charge in [0.05, 0.1) is 11.9 Å². The summed E-state index contributed by atoms with van der Waals surface area (Å²) in [5.41, 5.74) is 9.00. The van der Waals surface area contributed by atoms with E-state index in [0.29, 0.717) is 29.2 Å². The maximum atomic E-state index is 9.44. The van der Waals surface area contributed by atoms with Crippen molar-refractivity contribution in [2.24, 2.45) is 0 Å². The van der Waals surface area contributed by atoms with Gasteiger partial charge in [-0.15, -0.1) is 0 Å². The molecule has 0 atom stereocenters. The highest BCUT2D eigenvalue weighted by Gasteiger charge is 2.05. The fourth-order valence-corrected chi connectivity index (χ4v) is 2.14. The number of anilines is 1. The molecular weight excluding hydrogens is 286 g/mol. The van der Waals surface area contributed by atoms with E-state index >= 15 is 0 Å². The molecule has 3 N–H and O–H groups in total. The van der Waals surface area contributed by atoms with Crippen LogP contribution < -0.4 is 5.73 Å². The number of nitrogens with zero attached hydrogens (tertiary/aromatic N) is 2. The van der Waals surface area contributed by atoms with Gasteiger partial charge in [-0.25, -0.2) is 9.97 Å². The predicted octanol–water partition coefficient (Wildman–Crippen LogP) is 2.76. The molecule has 0 radical (unpaired) electrons. The summed E-state index contributed by atoms with van der Waals surface area (Å²) in [4.78, 5) is 8.65. The van der Waals surface area contributed by atoms with Gasteiger partial charge in [0.2, 0.25) is 0 Å². The molecule has 2 aromatic carbocycles. The van der Waals surface area contributed by atoms with Crippen LogP contribution in [-0.2, 0) is 6.42 Å². The van der Waals surface area contributed by atoms with Gasteiger partial charge in [-0.05, 0) is 29.7 Å². The molecule has 0 aliphatic heterocycles. The molecule has 0 fully saturated rings. The SMILES string of the molecule is Nc1ncc(C#Cc2cccc(O)c2)nc1Cc1ccccc1. The number of nitrogens with two attached hydrogens (primary N) is 1. The highest BCUT2D eigenvalue weighted by molar-refractivity contribution is 5.45. The molecule has 0 unspecified atom stereocenters. The van der Waals surface area contributed by atoms with Crippen LogP contribution in [0.2, 0.25) is 0 Å². The van der Waals surface area contributed by atoms with Gasteiger partial charge in [-0.1, -0.05) is 42.3 Å². The molecule has 112 valence electrons. The van der Waals surface area contributed by atoms with Crippen molar-refractivity contribution in [3.63, 3.8) is 0 Å². The zero-order valence-electron chi connectivity index (χ0n) is 12.4. The second-order valence-corrected chi connectivity index (χ2v) is 5.05. The largest absolute Gasteiger partial charge is 0.508 e. The summed E-state index contributed by atoms with van der Waals surface area (Å²) in [6, 6.07) is 16.7. The lowest BCUT2D eigenvalue weighted by Gasteiger charge is -2.04. The summed E-state index contributed by atoms with van der Waals surface area (Å²) < 4.78 is 0. The van der Waals surface area contributed by atoms with Gasteiger partial charge >= 0.3 is 0 Å². The van der Waals surface area contributed by atoms with Gasteiger partial charge in [0.1, 0.15) is 17.3 Å². The molecule has 0 saturated heterocycles. The van der Waals surface area contributed by atoms with Crippen LogP contribution in [0.4, 0.5) is 5.82 Å². The van der Waals surface area contributed by atoms with Crippen molar-refractivity contribution in [2.75, 3.05) is 5.73 Å². The highest BCUT2D eigenvalue weighted by Crippen LogP contribution is 2.13. The number of nitrogen functional groups attached to an aromatic ring is 1. The van der Waals surface area contributed by atoms with Crippen molar-refractivity contribution in [2.45, 2.75) is 6.42 Å². The molecule has 0 bridgehead atoms. The molecule has 0 aliphatic rings. The Hall–Kier alpha value is -3.32. The molecule has 3 rings (SSSR count). The topological polar surface area (TPSA) is 72.0 Å². The van der Waals surface area contributed by atoms with Gasteiger partial charge in [0.15, 0.2) is 0 Å². The lowest BCUT2D eigenvalue weighted by Crippen LogP contribution is -2.03. The summed E-state index contributed by atoms with van der Waals surface area (Å²) in [7, 11) is 0. The van der Waals surface area contributed by atoms with Crippen LogP contribution in [0.5, 0.6) is 5.75 Å². The molecule has 1 aromatic heterocycles. The third kappa shape index (κ3) is 3.86. The van der Waals surface area contributed by atoms with Crippen molar-refractivity contribution < 1.29 is 5.11 Å². The lowest BCUT2D eigenvalue weighted by molar-refractivity contribution is 0.475. The van der Waals surface area contributed by atoms with Crippen LogP contribution in [0.15, 0.2) is 60.8 Å². The summed E-state index contributed by atoms with van der Waals surface area (Å²) >= 11 is 0. The van der Waals surface area contributed by atoms with Crippen molar-refractivity contribution in [3.05, 3.63) is 83.3 Å². The van der Waals surface area contributed by atoms with Gasteiger partial charge in [-0.2, -0.15) is 0 Å². The Morgan fingerprint density at radius 2 is 1.83 bits per heavy atom. The first kappa shape index (κ1) is 14.6. The standard InChI is InChI=1S/C19H15N3O/c20-19-18(12-14-5-2-1-3-6-14)22-16(13-21-19)10-9-15-7-4-8-17(23)11-15/h1-8,11,13,23H,12H2,(H2,20,21). The minimum atomic E-state index is 0.185. The van der Waals surface area contributed by atoms with Crippen molar-refractivity contribution in [1.29, 1.82) is 0 Å². The maximum absolute atomic E-state index is 9.44. The van der Waals surface area contributed by atoms with E-state index in [0.717, 1.165) is 5.56 Å². The molecule has 0 aliphatic carbocycles. The average Bonchev–Trinajstić information content (AvgIpc) is 2.57. The van der Waals surface area contributed by atoms with Gasteiger partial charge in [0.25, 0.3) is 0 Å². The normalized spacial score (nSPS) is 9.91. The second-order valence-electron chi connectivity index (χ2n) is 5.05. The zero-order chi connectivity index (χ0) is 16.1. The van der Waals surface area contributed by atoms with Gasteiger partial charge in [-0.3, -0.25) is 0 Å². The number of aromatic nitrogens is 2.